The highest BCUT2D eigenvalue weighted by Crippen LogP contribution is 2.29. The van der Waals surface area contributed by atoms with E-state index in [0.717, 1.165) is 15.7 Å². The number of hydrogen-bond acceptors (Lipinski definition) is 2. The molecule has 1 atom stereocenters. The standard InChI is InChI=1S/C18H22BrNO/c1-12-8-9-13(2)15(10-12)14(3)20-18-7-5-6-17(19)16(18)11-21-4/h5-10,14,20H,11H2,1-4H3. The molecule has 0 radical (unpaired) electrons. The Kier molecular flexibility index (Phi) is 5.43. The summed E-state index contributed by atoms with van der Waals surface area (Å²) in [5.74, 6) is 0. The Bertz CT molecular complexity index is 625. The number of aryl methyl sites for hydroxylation is 2. The van der Waals surface area contributed by atoms with Gasteiger partial charge in [0.15, 0.2) is 0 Å². The van der Waals surface area contributed by atoms with E-state index in [1.807, 2.05) is 12.1 Å². The number of methoxy groups -OCH3 is 1. The highest BCUT2D eigenvalue weighted by atomic mass is 79.9. The van der Waals surface area contributed by atoms with Crippen LogP contribution in [0.1, 0.15) is 35.2 Å². The van der Waals surface area contributed by atoms with E-state index in [1.54, 1.807) is 7.11 Å². The van der Waals surface area contributed by atoms with Gasteiger partial charge in [0, 0.05) is 28.9 Å². The van der Waals surface area contributed by atoms with Crippen LogP contribution in [0.15, 0.2) is 40.9 Å². The Hall–Kier alpha value is -1.32. The summed E-state index contributed by atoms with van der Waals surface area (Å²) >= 11 is 3.60. The average molecular weight is 348 g/mol. The predicted molar refractivity (Wildman–Crippen MR) is 92.8 cm³/mol. The first kappa shape index (κ1) is 16.1. The second-order valence-electron chi connectivity index (χ2n) is 5.43. The van der Waals surface area contributed by atoms with Crippen molar-refractivity contribution in [1.82, 2.24) is 0 Å². The molecule has 0 aromatic heterocycles. The topological polar surface area (TPSA) is 21.3 Å². The lowest BCUT2D eigenvalue weighted by molar-refractivity contribution is 0.185. The van der Waals surface area contributed by atoms with Crippen LogP contribution in [0.4, 0.5) is 5.69 Å². The largest absolute Gasteiger partial charge is 0.380 e. The maximum Gasteiger partial charge on any atom is 0.0744 e. The summed E-state index contributed by atoms with van der Waals surface area (Å²) < 4.78 is 6.38. The van der Waals surface area contributed by atoms with Crippen molar-refractivity contribution in [3.8, 4) is 0 Å². The van der Waals surface area contributed by atoms with Crippen LogP contribution >= 0.6 is 15.9 Å². The fraction of sp³-hybridized carbons (Fsp3) is 0.333. The average Bonchev–Trinajstić information content (AvgIpc) is 2.45. The third-order valence-electron chi connectivity index (χ3n) is 3.68. The highest BCUT2D eigenvalue weighted by Gasteiger charge is 2.12. The molecule has 0 heterocycles. The number of rotatable bonds is 5. The quantitative estimate of drug-likeness (QED) is 0.783. The Labute approximate surface area is 135 Å². The first-order valence-corrected chi connectivity index (χ1v) is 7.92. The number of ether oxygens (including phenoxy) is 1. The summed E-state index contributed by atoms with van der Waals surface area (Å²) in [6.07, 6.45) is 0. The molecule has 0 amide bonds. The van der Waals surface area contributed by atoms with Gasteiger partial charge in [0.25, 0.3) is 0 Å². The summed E-state index contributed by atoms with van der Waals surface area (Å²) in [5, 5.41) is 3.61. The highest BCUT2D eigenvalue weighted by molar-refractivity contribution is 9.10. The zero-order chi connectivity index (χ0) is 15.4. The van der Waals surface area contributed by atoms with Crippen LogP contribution in [0.5, 0.6) is 0 Å². The first-order chi connectivity index (χ1) is 10.0. The minimum atomic E-state index is 0.245. The van der Waals surface area contributed by atoms with Gasteiger partial charge in [0.2, 0.25) is 0 Å². The molecule has 3 heteroatoms. The second kappa shape index (κ2) is 7.10. The number of anilines is 1. The van der Waals surface area contributed by atoms with Gasteiger partial charge in [-0.05, 0) is 44.0 Å². The molecule has 0 aliphatic heterocycles. The Morgan fingerprint density at radius 3 is 2.67 bits per heavy atom. The van der Waals surface area contributed by atoms with Crippen LogP contribution in [0, 0.1) is 13.8 Å². The van der Waals surface area contributed by atoms with Crippen molar-refractivity contribution in [3.05, 3.63) is 63.1 Å². The number of nitrogens with one attached hydrogen (secondary N) is 1. The molecule has 1 unspecified atom stereocenters. The van der Waals surface area contributed by atoms with Gasteiger partial charge in [-0.3, -0.25) is 0 Å². The number of hydrogen-bond donors (Lipinski definition) is 1. The zero-order valence-corrected chi connectivity index (χ0v) is 14.6. The van der Waals surface area contributed by atoms with Crippen molar-refractivity contribution in [2.24, 2.45) is 0 Å². The molecule has 0 saturated heterocycles. The zero-order valence-electron chi connectivity index (χ0n) is 13.0. The number of halogens is 1. The van der Waals surface area contributed by atoms with E-state index in [0.29, 0.717) is 6.61 Å². The van der Waals surface area contributed by atoms with Crippen LogP contribution in [0.3, 0.4) is 0 Å². The van der Waals surface area contributed by atoms with Gasteiger partial charge < -0.3 is 10.1 Å². The first-order valence-electron chi connectivity index (χ1n) is 7.13. The van der Waals surface area contributed by atoms with E-state index < -0.39 is 0 Å². The maximum absolute atomic E-state index is 5.31. The Morgan fingerprint density at radius 1 is 1.19 bits per heavy atom. The molecule has 2 aromatic carbocycles. The van der Waals surface area contributed by atoms with Crippen molar-refractivity contribution >= 4 is 21.6 Å². The van der Waals surface area contributed by atoms with Gasteiger partial charge in [-0.25, -0.2) is 0 Å². The summed E-state index contributed by atoms with van der Waals surface area (Å²) in [5.41, 5.74) is 6.19. The summed E-state index contributed by atoms with van der Waals surface area (Å²) in [6, 6.07) is 13.0. The summed E-state index contributed by atoms with van der Waals surface area (Å²) in [4.78, 5) is 0. The van der Waals surface area contributed by atoms with Crippen molar-refractivity contribution in [3.63, 3.8) is 0 Å². The van der Waals surface area contributed by atoms with Crippen molar-refractivity contribution in [2.45, 2.75) is 33.4 Å². The Balaban J connectivity index is 2.29. The molecule has 0 fully saturated rings. The number of benzene rings is 2. The lowest BCUT2D eigenvalue weighted by Crippen LogP contribution is -2.10. The van der Waals surface area contributed by atoms with Crippen molar-refractivity contribution in [1.29, 1.82) is 0 Å². The molecule has 2 aromatic rings. The second-order valence-corrected chi connectivity index (χ2v) is 6.28. The third kappa shape index (κ3) is 3.86. The lowest BCUT2D eigenvalue weighted by Gasteiger charge is -2.21. The smallest absolute Gasteiger partial charge is 0.0744 e. The molecule has 0 saturated carbocycles. The van der Waals surface area contributed by atoms with Crippen LogP contribution in [-0.2, 0) is 11.3 Å². The lowest BCUT2D eigenvalue weighted by atomic mass is 9.99. The van der Waals surface area contributed by atoms with E-state index >= 15 is 0 Å². The monoisotopic (exact) mass is 347 g/mol. The molecule has 0 aliphatic carbocycles. The normalized spacial score (nSPS) is 12.2. The fourth-order valence-corrected chi connectivity index (χ4v) is 3.00. The van der Waals surface area contributed by atoms with E-state index in [-0.39, 0.29) is 6.04 Å². The fourth-order valence-electron chi connectivity index (χ4n) is 2.52. The van der Waals surface area contributed by atoms with E-state index in [2.05, 4.69) is 66.3 Å². The summed E-state index contributed by atoms with van der Waals surface area (Å²) in [6.45, 7) is 7.07. The molecule has 0 aliphatic rings. The minimum absolute atomic E-state index is 0.245. The molecule has 21 heavy (non-hydrogen) atoms. The maximum atomic E-state index is 5.31. The summed E-state index contributed by atoms with van der Waals surface area (Å²) in [7, 11) is 1.72. The van der Waals surface area contributed by atoms with Crippen molar-refractivity contribution in [2.75, 3.05) is 12.4 Å². The van der Waals surface area contributed by atoms with E-state index in [4.69, 9.17) is 4.74 Å². The third-order valence-corrected chi connectivity index (χ3v) is 4.42. The molecular formula is C18H22BrNO. The molecule has 2 nitrogen and oxygen atoms in total. The Morgan fingerprint density at radius 2 is 1.95 bits per heavy atom. The minimum Gasteiger partial charge on any atom is -0.380 e. The molecule has 0 bridgehead atoms. The van der Waals surface area contributed by atoms with E-state index in [1.165, 1.54) is 16.7 Å². The van der Waals surface area contributed by atoms with Crippen LogP contribution < -0.4 is 5.32 Å². The van der Waals surface area contributed by atoms with Crippen LogP contribution in [0.25, 0.3) is 0 Å². The van der Waals surface area contributed by atoms with Gasteiger partial charge >= 0.3 is 0 Å². The predicted octanol–water partition coefficient (Wildman–Crippen LogP) is 5.39. The van der Waals surface area contributed by atoms with Gasteiger partial charge in [-0.15, -0.1) is 0 Å². The van der Waals surface area contributed by atoms with Crippen molar-refractivity contribution < 1.29 is 4.74 Å². The van der Waals surface area contributed by atoms with Gasteiger partial charge in [-0.1, -0.05) is 45.8 Å². The van der Waals surface area contributed by atoms with Crippen LogP contribution in [-0.4, -0.2) is 7.11 Å². The molecule has 0 spiro atoms. The molecule has 112 valence electrons. The van der Waals surface area contributed by atoms with Gasteiger partial charge in [-0.2, -0.15) is 0 Å². The SMILES string of the molecule is COCc1c(Br)cccc1NC(C)c1cc(C)ccc1C. The molecular weight excluding hydrogens is 326 g/mol. The molecule has 1 N–H and O–H groups in total. The van der Waals surface area contributed by atoms with E-state index in [9.17, 15) is 0 Å². The van der Waals surface area contributed by atoms with Crippen LogP contribution in [0.2, 0.25) is 0 Å². The van der Waals surface area contributed by atoms with Gasteiger partial charge in [0.05, 0.1) is 6.61 Å². The molecule has 2 rings (SSSR count). The van der Waals surface area contributed by atoms with Gasteiger partial charge in [0.1, 0.15) is 0 Å².